The second-order valence-corrected chi connectivity index (χ2v) is 4.93. The van der Waals surface area contributed by atoms with Gasteiger partial charge in [-0.25, -0.2) is 0 Å². The number of rotatable bonds is 2. The van der Waals surface area contributed by atoms with E-state index < -0.39 is 0 Å². The lowest BCUT2D eigenvalue weighted by Crippen LogP contribution is -2.29. The van der Waals surface area contributed by atoms with Gasteiger partial charge in [-0.15, -0.1) is 0 Å². The third kappa shape index (κ3) is 4.88. The first kappa shape index (κ1) is 12.6. The molecule has 1 saturated heterocycles. The molecule has 0 unspecified atom stereocenters. The largest absolute Gasteiger partial charge is 0.317 e. The Morgan fingerprint density at radius 2 is 1.53 bits per heavy atom. The van der Waals surface area contributed by atoms with Gasteiger partial charge in [0.05, 0.1) is 0 Å². The third-order valence-electron chi connectivity index (χ3n) is 3.40. The fraction of sp³-hybridized carbons (Fsp3) is 0.600. The van der Waals surface area contributed by atoms with Crippen LogP contribution in [0.3, 0.4) is 0 Å². The van der Waals surface area contributed by atoms with Crippen molar-refractivity contribution in [2.24, 2.45) is 0 Å². The summed E-state index contributed by atoms with van der Waals surface area (Å²) in [6.07, 6.45) is 5.26. The van der Waals surface area contributed by atoms with Crippen LogP contribution in [-0.4, -0.2) is 31.1 Å². The second kappa shape index (κ2) is 7.46. The highest BCUT2D eigenvalue weighted by atomic mass is 15.1. The van der Waals surface area contributed by atoms with E-state index >= 15 is 0 Å². The molecule has 0 bridgehead atoms. The molecule has 0 radical (unpaired) electrons. The molecule has 1 aromatic carbocycles. The fourth-order valence-corrected chi connectivity index (χ4v) is 2.41. The van der Waals surface area contributed by atoms with Crippen molar-refractivity contribution < 1.29 is 0 Å². The minimum atomic E-state index is 1.12. The van der Waals surface area contributed by atoms with Gasteiger partial charge in [0.25, 0.3) is 0 Å². The minimum Gasteiger partial charge on any atom is -0.317 e. The van der Waals surface area contributed by atoms with E-state index in [2.05, 4.69) is 40.5 Å². The summed E-state index contributed by atoms with van der Waals surface area (Å²) in [6.45, 7) is 6.00. The Morgan fingerprint density at radius 1 is 0.882 bits per heavy atom. The Morgan fingerprint density at radius 3 is 2.18 bits per heavy atom. The molecule has 1 aliphatic heterocycles. The monoisotopic (exact) mass is 232 g/mol. The quantitative estimate of drug-likeness (QED) is 0.843. The second-order valence-electron chi connectivity index (χ2n) is 4.93. The van der Waals surface area contributed by atoms with Crippen molar-refractivity contribution in [3.8, 4) is 0 Å². The van der Waals surface area contributed by atoms with Crippen LogP contribution in [0.4, 0.5) is 0 Å². The zero-order valence-corrected chi connectivity index (χ0v) is 10.7. The lowest BCUT2D eigenvalue weighted by Gasteiger charge is -2.23. The smallest absolute Gasteiger partial charge is 0.0233 e. The van der Waals surface area contributed by atoms with Crippen molar-refractivity contribution in [2.75, 3.05) is 26.2 Å². The van der Waals surface area contributed by atoms with Crippen LogP contribution >= 0.6 is 0 Å². The molecule has 1 N–H and O–H groups in total. The van der Waals surface area contributed by atoms with Crippen molar-refractivity contribution in [3.05, 3.63) is 35.9 Å². The fourth-order valence-electron chi connectivity index (χ4n) is 2.41. The summed E-state index contributed by atoms with van der Waals surface area (Å²) in [5.74, 6) is 0. The van der Waals surface area contributed by atoms with Crippen LogP contribution in [0.2, 0.25) is 0 Å². The van der Waals surface area contributed by atoms with E-state index in [0.29, 0.717) is 0 Å². The van der Waals surface area contributed by atoms with Gasteiger partial charge in [-0.1, -0.05) is 30.3 Å². The molecule has 2 rings (SSSR count). The Hall–Kier alpha value is -0.860. The molecule has 0 aliphatic carbocycles. The summed E-state index contributed by atoms with van der Waals surface area (Å²) in [4.78, 5) is 2.61. The Kier molecular flexibility index (Phi) is 5.53. The molecule has 0 spiro atoms. The van der Waals surface area contributed by atoms with Crippen LogP contribution in [0.25, 0.3) is 0 Å². The van der Waals surface area contributed by atoms with Gasteiger partial charge in [-0.2, -0.15) is 0 Å². The van der Waals surface area contributed by atoms with Gasteiger partial charge in [0, 0.05) is 6.54 Å². The van der Waals surface area contributed by atoms with Crippen LogP contribution < -0.4 is 5.32 Å². The number of benzene rings is 1. The topological polar surface area (TPSA) is 15.3 Å². The Bertz CT molecular complexity index is 287. The van der Waals surface area contributed by atoms with Crippen LogP contribution in [0.15, 0.2) is 30.3 Å². The molecular formula is C15H24N2. The van der Waals surface area contributed by atoms with E-state index in [0.717, 1.165) is 6.54 Å². The van der Waals surface area contributed by atoms with Gasteiger partial charge >= 0.3 is 0 Å². The molecule has 0 aromatic heterocycles. The van der Waals surface area contributed by atoms with Gasteiger partial charge in [0.15, 0.2) is 0 Å². The Labute approximate surface area is 105 Å². The van der Waals surface area contributed by atoms with Crippen LogP contribution in [0.1, 0.15) is 31.2 Å². The number of hydrogen-bond donors (Lipinski definition) is 1. The average molecular weight is 232 g/mol. The molecule has 1 heterocycles. The summed E-state index contributed by atoms with van der Waals surface area (Å²) in [6, 6.07) is 10.8. The van der Waals surface area contributed by atoms with E-state index in [1.165, 1.54) is 57.4 Å². The molecule has 0 atom stereocenters. The van der Waals surface area contributed by atoms with Gasteiger partial charge in [-0.3, -0.25) is 4.90 Å². The molecule has 2 nitrogen and oxygen atoms in total. The Balaban J connectivity index is 1.83. The maximum Gasteiger partial charge on any atom is 0.0233 e. The van der Waals surface area contributed by atoms with E-state index in [4.69, 9.17) is 0 Å². The average Bonchev–Trinajstić information content (AvgIpc) is 2.38. The maximum atomic E-state index is 3.50. The third-order valence-corrected chi connectivity index (χ3v) is 3.40. The van der Waals surface area contributed by atoms with Crippen molar-refractivity contribution >= 4 is 0 Å². The molecule has 1 fully saturated rings. The number of hydrogen-bond acceptors (Lipinski definition) is 2. The highest BCUT2D eigenvalue weighted by Crippen LogP contribution is 2.08. The summed E-state index contributed by atoms with van der Waals surface area (Å²) in [5.41, 5.74) is 1.45. The molecule has 1 aromatic rings. The standard InChI is InChI=1S/C15H24N2/c1-2-8-15(9-3-1)14-17-12-6-4-10-16-11-5-7-13-17/h1-3,8-9,16H,4-7,10-14H2. The van der Waals surface area contributed by atoms with Gasteiger partial charge in [-0.05, 0) is 57.4 Å². The predicted molar refractivity (Wildman–Crippen MR) is 73.1 cm³/mol. The SMILES string of the molecule is c1ccc(CN2CCCCNCCCC2)cc1. The van der Waals surface area contributed by atoms with Crippen LogP contribution in [0.5, 0.6) is 0 Å². The number of nitrogens with one attached hydrogen (secondary N) is 1. The summed E-state index contributed by atoms with van der Waals surface area (Å²) in [5, 5.41) is 3.50. The lowest BCUT2D eigenvalue weighted by molar-refractivity contribution is 0.249. The highest BCUT2D eigenvalue weighted by molar-refractivity contribution is 5.14. The first-order valence-electron chi connectivity index (χ1n) is 6.92. The highest BCUT2D eigenvalue weighted by Gasteiger charge is 2.06. The van der Waals surface area contributed by atoms with E-state index in [-0.39, 0.29) is 0 Å². The maximum absolute atomic E-state index is 3.50. The van der Waals surface area contributed by atoms with Gasteiger partial charge in [0.1, 0.15) is 0 Å². The zero-order chi connectivity index (χ0) is 11.8. The molecule has 17 heavy (non-hydrogen) atoms. The van der Waals surface area contributed by atoms with E-state index in [1.807, 2.05) is 0 Å². The van der Waals surface area contributed by atoms with Crippen molar-refractivity contribution in [1.82, 2.24) is 10.2 Å². The molecule has 94 valence electrons. The molecule has 0 saturated carbocycles. The first-order chi connectivity index (χ1) is 8.45. The molecule has 2 heteroatoms. The van der Waals surface area contributed by atoms with Gasteiger partial charge in [0.2, 0.25) is 0 Å². The normalized spacial score (nSPS) is 20.0. The zero-order valence-electron chi connectivity index (χ0n) is 10.7. The van der Waals surface area contributed by atoms with E-state index in [9.17, 15) is 0 Å². The van der Waals surface area contributed by atoms with Crippen molar-refractivity contribution in [3.63, 3.8) is 0 Å². The van der Waals surface area contributed by atoms with E-state index in [1.54, 1.807) is 0 Å². The first-order valence-corrected chi connectivity index (χ1v) is 6.92. The summed E-state index contributed by atoms with van der Waals surface area (Å²) >= 11 is 0. The molecule has 1 aliphatic rings. The minimum absolute atomic E-state index is 1.12. The molecule has 0 amide bonds. The van der Waals surface area contributed by atoms with Crippen LogP contribution in [-0.2, 0) is 6.54 Å². The van der Waals surface area contributed by atoms with Gasteiger partial charge < -0.3 is 5.32 Å². The predicted octanol–water partition coefficient (Wildman–Crippen LogP) is 2.65. The number of nitrogens with zero attached hydrogens (tertiary/aromatic N) is 1. The summed E-state index contributed by atoms with van der Waals surface area (Å²) in [7, 11) is 0. The van der Waals surface area contributed by atoms with Crippen molar-refractivity contribution in [1.29, 1.82) is 0 Å². The lowest BCUT2D eigenvalue weighted by atomic mass is 10.1. The van der Waals surface area contributed by atoms with Crippen LogP contribution in [0, 0.1) is 0 Å². The van der Waals surface area contributed by atoms with Crippen molar-refractivity contribution in [2.45, 2.75) is 32.2 Å². The summed E-state index contributed by atoms with van der Waals surface area (Å²) < 4.78 is 0. The molecular weight excluding hydrogens is 208 g/mol.